The number of hydrogen-bond donors (Lipinski definition) is 1. The molecular formula is C16H26N4O. The highest BCUT2D eigenvalue weighted by Crippen LogP contribution is 2.11. The van der Waals surface area contributed by atoms with E-state index in [-0.39, 0.29) is 5.56 Å². The first-order chi connectivity index (χ1) is 10.2. The molecule has 0 saturated carbocycles. The third-order valence-corrected chi connectivity index (χ3v) is 3.95. The molecule has 0 aliphatic carbocycles. The van der Waals surface area contributed by atoms with Crippen molar-refractivity contribution in [3.05, 3.63) is 27.9 Å². The fourth-order valence-corrected chi connectivity index (χ4v) is 2.66. The van der Waals surface area contributed by atoms with Gasteiger partial charge in [-0.25, -0.2) is 0 Å². The molecule has 2 aliphatic rings. The summed E-state index contributed by atoms with van der Waals surface area (Å²) in [5.41, 5.74) is 6.18. The largest absolute Gasteiger partial charge is 0.387 e. The SMILES string of the molecule is Cc1cn2c(nc1=O)CCCCC2.NC1=NCCCCC1. The Balaban J connectivity index is 0.000000173. The predicted octanol–water partition coefficient (Wildman–Crippen LogP) is 2.20. The Labute approximate surface area is 126 Å². The molecule has 116 valence electrons. The maximum atomic E-state index is 11.3. The molecule has 5 nitrogen and oxygen atoms in total. The molecule has 2 aliphatic heterocycles. The van der Waals surface area contributed by atoms with E-state index in [9.17, 15) is 4.79 Å². The van der Waals surface area contributed by atoms with Crippen LogP contribution in [0.5, 0.6) is 0 Å². The summed E-state index contributed by atoms with van der Waals surface area (Å²) < 4.78 is 2.13. The van der Waals surface area contributed by atoms with Gasteiger partial charge in [-0.15, -0.1) is 0 Å². The number of amidine groups is 1. The number of nitrogens with zero attached hydrogens (tertiary/aromatic N) is 3. The zero-order valence-corrected chi connectivity index (χ0v) is 13.0. The molecule has 3 heterocycles. The van der Waals surface area contributed by atoms with E-state index in [0.29, 0.717) is 0 Å². The average molecular weight is 290 g/mol. The Morgan fingerprint density at radius 2 is 1.86 bits per heavy atom. The molecule has 3 rings (SSSR count). The Morgan fingerprint density at radius 3 is 2.71 bits per heavy atom. The minimum atomic E-state index is -0.0619. The van der Waals surface area contributed by atoms with E-state index in [4.69, 9.17) is 5.73 Å². The van der Waals surface area contributed by atoms with Crippen molar-refractivity contribution < 1.29 is 0 Å². The summed E-state index contributed by atoms with van der Waals surface area (Å²) >= 11 is 0. The fourth-order valence-electron chi connectivity index (χ4n) is 2.66. The summed E-state index contributed by atoms with van der Waals surface area (Å²) in [6.45, 7) is 3.79. The number of aromatic nitrogens is 2. The summed E-state index contributed by atoms with van der Waals surface area (Å²) in [5, 5.41) is 0. The van der Waals surface area contributed by atoms with Gasteiger partial charge in [0.15, 0.2) is 0 Å². The van der Waals surface area contributed by atoms with Gasteiger partial charge >= 0.3 is 0 Å². The molecule has 0 bridgehead atoms. The monoisotopic (exact) mass is 290 g/mol. The first-order valence-electron chi connectivity index (χ1n) is 8.02. The molecule has 5 heteroatoms. The summed E-state index contributed by atoms with van der Waals surface area (Å²) in [7, 11) is 0. The number of nitrogens with two attached hydrogens (primary N) is 1. The molecule has 0 fully saturated rings. The summed E-state index contributed by atoms with van der Waals surface area (Å²) in [5.74, 6) is 1.82. The van der Waals surface area contributed by atoms with Crippen LogP contribution in [0.25, 0.3) is 0 Å². The molecule has 1 aromatic rings. The number of aryl methyl sites for hydroxylation is 3. The zero-order chi connectivity index (χ0) is 15.1. The highest BCUT2D eigenvalue weighted by Gasteiger charge is 2.08. The fraction of sp³-hybridized carbons (Fsp3) is 0.688. The van der Waals surface area contributed by atoms with Gasteiger partial charge in [0, 0.05) is 37.7 Å². The number of aliphatic imine (C=N–C) groups is 1. The Morgan fingerprint density at radius 1 is 1.10 bits per heavy atom. The first-order valence-corrected chi connectivity index (χ1v) is 8.02. The average Bonchev–Trinajstić information content (AvgIpc) is 2.83. The van der Waals surface area contributed by atoms with Crippen molar-refractivity contribution in [1.29, 1.82) is 0 Å². The third-order valence-electron chi connectivity index (χ3n) is 3.95. The number of rotatable bonds is 0. The predicted molar refractivity (Wildman–Crippen MR) is 85.7 cm³/mol. The molecule has 0 aromatic carbocycles. The van der Waals surface area contributed by atoms with Crippen molar-refractivity contribution in [3.8, 4) is 0 Å². The molecule has 0 amide bonds. The van der Waals surface area contributed by atoms with Gasteiger partial charge in [0.2, 0.25) is 0 Å². The van der Waals surface area contributed by atoms with Gasteiger partial charge < -0.3 is 10.3 Å². The quantitative estimate of drug-likeness (QED) is 0.796. The lowest BCUT2D eigenvalue weighted by Crippen LogP contribution is -2.18. The second-order valence-corrected chi connectivity index (χ2v) is 5.83. The van der Waals surface area contributed by atoms with E-state index < -0.39 is 0 Å². The van der Waals surface area contributed by atoms with Crippen LogP contribution in [0.1, 0.15) is 56.3 Å². The van der Waals surface area contributed by atoms with E-state index >= 15 is 0 Å². The Bertz CT molecular complexity index is 548. The maximum absolute atomic E-state index is 11.3. The summed E-state index contributed by atoms with van der Waals surface area (Å²) in [6.07, 6.45) is 11.3. The maximum Gasteiger partial charge on any atom is 0.275 e. The summed E-state index contributed by atoms with van der Waals surface area (Å²) in [6, 6.07) is 0. The number of fused-ring (bicyclic) bond motifs is 1. The Hall–Kier alpha value is -1.65. The molecule has 2 N–H and O–H groups in total. The van der Waals surface area contributed by atoms with E-state index in [1.807, 2.05) is 13.1 Å². The number of hydrogen-bond acceptors (Lipinski definition) is 4. The zero-order valence-electron chi connectivity index (χ0n) is 13.0. The topological polar surface area (TPSA) is 73.3 Å². The first kappa shape index (κ1) is 15.7. The standard InChI is InChI=1S/C10H14N2O.C6H12N2/c1-8-7-12-6-4-2-3-5-9(12)11-10(8)13;7-6-4-2-1-3-5-8-6/h7H,2-6H2,1H3;1-5H2,(H2,7,8). The second kappa shape index (κ2) is 7.96. The van der Waals surface area contributed by atoms with Crippen molar-refractivity contribution in [3.63, 3.8) is 0 Å². The van der Waals surface area contributed by atoms with Crippen molar-refractivity contribution >= 4 is 5.84 Å². The molecule has 0 atom stereocenters. The lowest BCUT2D eigenvalue weighted by Gasteiger charge is -2.08. The minimum Gasteiger partial charge on any atom is -0.387 e. The van der Waals surface area contributed by atoms with Crippen LogP contribution in [-0.2, 0) is 13.0 Å². The Kier molecular flexibility index (Phi) is 5.96. The molecule has 0 spiro atoms. The molecule has 0 radical (unpaired) electrons. The molecular weight excluding hydrogens is 264 g/mol. The van der Waals surface area contributed by atoms with Crippen molar-refractivity contribution in [1.82, 2.24) is 9.55 Å². The van der Waals surface area contributed by atoms with Crippen LogP contribution >= 0.6 is 0 Å². The van der Waals surface area contributed by atoms with Crippen LogP contribution in [0, 0.1) is 6.92 Å². The van der Waals surface area contributed by atoms with Gasteiger partial charge in [-0.1, -0.05) is 12.8 Å². The van der Waals surface area contributed by atoms with Crippen LogP contribution in [0.4, 0.5) is 0 Å². The molecule has 0 saturated heterocycles. The van der Waals surface area contributed by atoms with E-state index in [1.165, 1.54) is 32.1 Å². The van der Waals surface area contributed by atoms with Gasteiger partial charge in [0.05, 0.1) is 5.84 Å². The van der Waals surface area contributed by atoms with Gasteiger partial charge in [-0.2, -0.15) is 4.98 Å². The van der Waals surface area contributed by atoms with Crippen LogP contribution < -0.4 is 11.3 Å². The second-order valence-electron chi connectivity index (χ2n) is 5.83. The lowest BCUT2D eigenvalue weighted by atomic mass is 10.2. The third kappa shape index (κ3) is 4.99. The molecule has 1 aromatic heterocycles. The summed E-state index contributed by atoms with van der Waals surface area (Å²) in [4.78, 5) is 19.5. The smallest absolute Gasteiger partial charge is 0.275 e. The van der Waals surface area contributed by atoms with Crippen molar-refractivity contribution in [2.75, 3.05) is 6.54 Å². The van der Waals surface area contributed by atoms with Crippen LogP contribution in [-0.4, -0.2) is 21.9 Å². The van der Waals surface area contributed by atoms with E-state index in [2.05, 4.69) is 14.5 Å². The van der Waals surface area contributed by atoms with E-state index in [1.54, 1.807) is 0 Å². The van der Waals surface area contributed by atoms with Gasteiger partial charge in [-0.3, -0.25) is 9.79 Å². The van der Waals surface area contributed by atoms with Gasteiger partial charge in [-0.05, 0) is 32.6 Å². The highest BCUT2D eigenvalue weighted by atomic mass is 16.1. The normalized spacial score (nSPS) is 18.4. The minimum absolute atomic E-state index is 0.0619. The van der Waals surface area contributed by atoms with Gasteiger partial charge in [0.25, 0.3) is 5.56 Å². The van der Waals surface area contributed by atoms with Crippen molar-refractivity contribution in [2.45, 2.75) is 64.8 Å². The van der Waals surface area contributed by atoms with E-state index in [0.717, 1.165) is 49.6 Å². The van der Waals surface area contributed by atoms with Crippen LogP contribution in [0.2, 0.25) is 0 Å². The van der Waals surface area contributed by atoms with Gasteiger partial charge in [0.1, 0.15) is 5.82 Å². The molecule has 0 unspecified atom stereocenters. The van der Waals surface area contributed by atoms with Crippen LogP contribution in [0.3, 0.4) is 0 Å². The van der Waals surface area contributed by atoms with Crippen LogP contribution in [0.15, 0.2) is 16.0 Å². The lowest BCUT2D eigenvalue weighted by molar-refractivity contribution is 0.620. The highest BCUT2D eigenvalue weighted by molar-refractivity contribution is 5.80. The van der Waals surface area contributed by atoms with Crippen molar-refractivity contribution in [2.24, 2.45) is 10.7 Å². The molecule has 21 heavy (non-hydrogen) atoms.